The van der Waals surface area contributed by atoms with Gasteiger partial charge in [-0.25, -0.2) is 8.70 Å². The highest BCUT2D eigenvalue weighted by atomic mass is 32.2. The molecule has 0 fully saturated rings. The van der Waals surface area contributed by atoms with Crippen molar-refractivity contribution >= 4 is 27.7 Å². The predicted octanol–water partition coefficient (Wildman–Crippen LogP) is 3.08. The molecule has 0 spiro atoms. The summed E-state index contributed by atoms with van der Waals surface area (Å²) in [6.45, 7) is 6.77. The van der Waals surface area contributed by atoms with Gasteiger partial charge in [0.15, 0.2) is 0 Å². The number of hydrogen-bond donors (Lipinski definition) is 1. The van der Waals surface area contributed by atoms with Crippen molar-refractivity contribution in [1.29, 1.82) is 0 Å². The van der Waals surface area contributed by atoms with Crippen molar-refractivity contribution in [3.05, 3.63) is 65.5 Å². The highest BCUT2D eigenvalue weighted by Gasteiger charge is 2.34. The highest BCUT2D eigenvalue weighted by Crippen LogP contribution is 2.24. The lowest BCUT2D eigenvalue weighted by atomic mass is 10.1. The molecule has 8 nitrogen and oxygen atoms in total. The Kier molecular flexibility index (Phi) is 9.79. The van der Waals surface area contributed by atoms with E-state index in [9.17, 15) is 22.4 Å². The van der Waals surface area contributed by atoms with Crippen LogP contribution in [0.25, 0.3) is 0 Å². The summed E-state index contributed by atoms with van der Waals surface area (Å²) in [4.78, 5) is 28.1. The highest BCUT2D eigenvalue weighted by molar-refractivity contribution is 7.90. The second-order valence-corrected chi connectivity index (χ2v) is 10.9. The summed E-state index contributed by atoms with van der Waals surface area (Å²) >= 11 is 0. The molecule has 2 amide bonds. The molecule has 2 rings (SSSR count). The van der Waals surface area contributed by atoms with E-state index < -0.39 is 34.5 Å². The van der Waals surface area contributed by atoms with E-state index in [0.717, 1.165) is 25.8 Å². The third-order valence-electron chi connectivity index (χ3n) is 5.39. The third-order valence-corrected chi connectivity index (χ3v) is 7.20. The minimum atomic E-state index is -4.22. The quantitative estimate of drug-likeness (QED) is 0.507. The van der Waals surface area contributed by atoms with Gasteiger partial charge in [0.1, 0.15) is 18.4 Å². The first-order chi connectivity index (χ1) is 16.4. The van der Waals surface area contributed by atoms with Gasteiger partial charge in [-0.3, -0.25) is 9.59 Å². The zero-order valence-electron chi connectivity index (χ0n) is 21.2. The number of benzene rings is 2. The van der Waals surface area contributed by atoms with Gasteiger partial charge < -0.3 is 10.2 Å². The summed E-state index contributed by atoms with van der Waals surface area (Å²) in [7, 11) is -1.60. The molecule has 0 aliphatic heterocycles. The molecule has 0 heterocycles. The lowest BCUT2D eigenvalue weighted by molar-refractivity contribution is -0.140. The topological polar surface area (TPSA) is 90.0 Å². The van der Waals surface area contributed by atoms with Crippen LogP contribution in [-0.4, -0.2) is 62.2 Å². The van der Waals surface area contributed by atoms with E-state index in [4.69, 9.17) is 0 Å². The number of carbonyl (C=O) groups excluding carboxylic acids is 2. The first-order valence-corrected chi connectivity index (χ1v) is 12.9. The monoisotopic (exact) mass is 506 g/mol. The molecule has 192 valence electrons. The number of rotatable bonds is 11. The normalized spacial score (nSPS) is 12.5. The Morgan fingerprint density at radius 3 is 2.26 bits per heavy atom. The van der Waals surface area contributed by atoms with E-state index in [-0.39, 0.29) is 24.2 Å². The number of carbonyl (C=O) groups is 2. The van der Waals surface area contributed by atoms with Crippen LogP contribution in [0.1, 0.15) is 38.3 Å². The number of aryl methyl sites for hydroxylation is 1. The van der Waals surface area contributed by atoms with Gasteiger partial charge in [0.05, 0.1) is 5.69 Å². The number of amides is 2. The molecule has 0 aromatic heterocycles. The molecular weight excluding hydrogens is 471 g/mol. The van der Waals surface area contributed by atoms with E-state index in [1.165, 1.54) is 37.2 Å². The molecule has 0 saturated carbocycles. The van der Waals surface area contributed by atoms with Crippen LogP contribution in [0.3, 0.4) is 0 Å². The van der Waals surface area contributed by atoms with Crippen molar-refractivity contribution in [3.8, 4) is 0 Å². The standard InChI is InChI=1S/C25H35FN4O4S/c1-7-22(25(32)27-18(2)3)29(16-20-12-10-11-19(4)15-20)24(31)17-30(35(33,34)28(5)6)23-14-9-8-13-21(23)26/h8-15,18,22H,7,16-17H2,1-6H3,(H,27,32)/t22-/m1/s1. The number of nitrogens with zero attached hydrogens (tertiary/aromatic N) is 3. The van der Waals surface area contributed by atoms with Crippen molar-refractivity contribution in [2.75, 3.05) is 24.9 Å². The molecule has 0 radical (unpaired) electrons. The lowest BCUT2D eigenvalue weighted by Gasteiger charge is -2.34. The molecule has 0 saturated heterocycles. The summed E-state index contributed by atoms with van der Waals surface area (Å²) in [5.74, 6) is -1.73. The number of anilines is 1. The van der Waals surface area contributed by atoms with E-state index in [1.54, 1.807) is 6.92 Å². The average molecular weight is 507 g/mol. The average Bonchev–Trinajstić information content (AvgIpc) is 2.77. The van der Waals surface area contributed by atoms with E-state index in [1.807, 2.05) is 45.0 Å². The molecule has 0 unspecified atom stereocenters. The Morgan fingerprint density at radius 2 is 1.71 bits per heavy atom. The first-order valence-electron chi connectivity index (χ1n) is 11.5. The number of hydrogen-bond acceptors (Lipinski definition) is 4. The van der Waals surface area contributed by atoms with Gasteiger partial charge in [0.2, 0.25) is 11.8 Å². The molecule has 0 aliphatic rings. The fraction of sp³-hybridized carbons (Fsp3) is 0.440. The van der Waals surface area contributed by atoms with E-state index >= 15 is 0 Å². The van der Waals surface area contributed by atoms with Gasteiger partial charge >= 0.3 is 10.2 Å². The molecular formula is C25H35FN4O4S. The molecule has 0 bridgehead atoms. The van der Waals surface area contributed by atoms with Gasteiger partial charge in [-0.15, -0.1) is 0 Å². The van der Waals surface area contributed by atoms with Crippen LogP contribution in [0.2, 0.25) is 0 Å². The third kappa shape index (κ3) is 7.25. The Labute approximate surface area is 207 Å². The van der Waals surface area contributed by atoms with Crippen molar-refractivity contribution in [3.63, 3.8) is 0 Å². The Bertz CT molecular complexity index is 1140. The van der Waals surface area contributed by atoms with Crippen LogP contribution in [0.4, 0.5) is 10.1 Å². The van der Waals surface area contributed by atoms with Gasteiger partial charge in [-0.1, -0.05) is 48.9 Å². The van der Waals surface area contributed by atoms with Gasteiger partial charge in [-0.05, 0) is 44.9 Å². The van der Waals surface area contributed by atoms with Crippen molar-refractivity contribution < 1.29 is 22.4 Å². The molecule has 2 aromatic carbocycles. The summed E-state index contributed by atoms with van der Waals surface area (Å²) in [6.07, 6.45) is 0.316. The molecule has 10 heteroatoms. The SMILES string of the molecule is CC[C@H](C(=O)NC(C)C)N(Cc1cccc(C)c1)C(=O)CN(c1ccccc1F)S(=O)(=O)N(C)C. The fourth-order valence-corrected chi connectivity index (χ4v) is 4.73. The van der Waals surface area contributed by atoms with Crippen LogP contribution in [-0.2, 0) is 26.3 Å². The van der Waals surface area contributed by atoms with Crippen molar-refractivity contribution in [1.82, 2.24) is 14.5 Å². The Balaban J connectivity index is 2.53. The van der Waals surface area contributed by atoms with Gasteiger partial charge in [0, 0.05) is 26.7 Å². The first kappa shape index (κ1) is 28.3. The maximum atomic E-state index is 14.7. The minimum absolute atomic E-state index is 0.0949. The maximum absolute atomic E-state index is 14.7. The molecule has 0 aliphatic carbocycles. The van der Waals surface area contributed by atoms with Crippen molar-refractivity contribution in [2.45, 2.75) is 52.7 Å². The zero-order chi connectivity index (χ0) is 26.3. The van der Waals surface area contributed by atoms with Crippen LogP contribution >= 0.6 is 0 Å². The van der Waals surface area contributed by atoms with Gasteiger partial charge in [-0.2, -0.15) is 12.7 Å². The predicted molar refractivity (Wildman–Crippen MR) is 135 cm³/mol. The van der Waals surface area contributed by atoms with Crippen LogP contribution < -0.4 is 9.62 Å². The smallest absolute Gasteiger partial charge is 0.304 e. The largest absolute Gasteiger partial charge is 0.352 e. The maximum Gasteiger partial charge on any atom is 0.304 e. The van der Waals surface area contributed by atoms with Crippen LogP contribution in [0, 0.1) is 12.7 Å². The summed E-state index contributed by atoms with van der Waals surface area (Å²) in [6, 6.07) is 11.9. The fourth-order valence-electron chi connectivity index (χ4n) is 3.66. The number of halogens is 1. The van der Waals surface area contributed by atoms with E-state index in [0.29, 0.717) is 6.42 Å². The molecule has 1 N–H and O–H groups in total. The summed E-state index contributed by atoms with van der Waals surface area (Å²) in [5, 5.41) is 2.84. The Hall–Kier alpha value is -2.98. The molecule has 1 atom stereocenters. The minimum Gasteiger partial charge on any atom is -0.352 e. The van der Waals surface area contributed by atoms with Crippen LogP contribution in [0.5, 0.6) is 0 Å². The second-order valence-electron chi connectivity index (χ2n) is 8.85. The Morgan fingerprint density at radius 1 is 1.06 bits per heavy atom. The number of para-hydroxylation sites is 1. The summed E-state index contributed by atoms with van der Waals surface area (Å²) < 4.78 is 42.5. The van der Waals surface area contributed by atoms with Crippen molar-refractivity contribution in [2.24, 2.45) is 0 Å². The molecule has 35 heavy (non-hydrogen) atoms. The summed E-state index contributed by atoms with van der Waals surface area (Å²) in [5.41, 5.74) is 1.53. The van der Waals surface area contributed by atoms with E-state index in [2.05, 4.69) is 5.32 Å². The number of nitrogens with one attached hydrogen (secondary N) is 1. The zero-order valence-corrected chi connectivity index (χ0v) is 22.0. The molecule has 2 aromatic rings. The lowest BCUT2D eigenvalue weighted by Crippen LogP contribution is -2.54. The van der Waals surface area contributed by atoms with Crippen LogP contribution in [0.15, 0.2) is 48.5 Å². The van der Waals surface area contributed by atoms with Gasteiger partial charge in [0.25, 0.3) is 0 Å². The second kappa shape index (κ2) is 12.1.